The highest BCUT2D eigenvalue weighted by Crippen LogP contribution is 2.40. The van der Waals surface area contributed by atoms with E-state index in [1.165, 1.54) is 42.1 Å². The Morgan fingerprint density at radius 1 is 1.19 bits per heavy atom. The van der Waals surface area contributed by atoms with E-state index in [1.807, 2.05) is 0 Å². The molecule has 0 bridgehead atoms. The molecule has 0 aliphatic heterocycles. The zero-order valence-corrected chi connectivity index (χ0v) is 15.5. The molecule has 0 radical (unpaired) electrons. The molecule has 1 aromatic carbocycles. The first kappa shape index (κ1) is 17.0. The molecule has 1 aromatic rings. The van der Waals surface area contributed by atoms with Crippen molar-refractivity contribution in [1.29, 1.82) is 0 Å². The second-order valence-electron chi connectivity index (χ2n) is 7.30. The molecule has 1 N–H and O–H groups in total. The van der Waals surface area contributed by atoms with Gasteiger partial charge in [-0.05, 0) is 55.6 Å². The Balaban J connectivity index is 1.88. The van der Waals surface area contributed by atoms with Gasteiger partial charge in [0.15, 0.2) is 0 Å². The van der Waals surface area contributed by atoms with Crippen molar-refractivity contribution >= 4 is 15.9 Å². The predicted octanol–water partition coefficient (Wildman–Crippen LogP) is 6.09. The summed E-state index contributed by atoms with van der Waals surface area (Å²) in [6, 6.07) is 9.65. The van der Waals surface area contributed by atoms with Crippen molar-refractivity contribution in [3.63, 3.8) is 0 Å². The SMILES string of the molecule is CCC(C)(C)C1CCC(N[C@H](C)c2ccccc2Br)CC1. The van der Waals surface area contributed by atoms with E-state index in [1.54, 1.807) is 0 Å². The minimum atomic E-state index is 0.418. The fourth-order valence-electron chi connectivity index (χ4n) is 3.60. The van der Waals surface area contributed by atoms with Gasteiger partial charge < -0.3 is 5.32 Å². The first-order valence-electron chi connectivity index (χ1n) is 8.44. The lowest BCUT2D eigenvalue weighted by molar-refractivity contribution is 0.134. The average molecular weight is 352 g/mol. The van der Waals surface area contributed by atoms with Crippen LogP contribution in [0.5, 0.6) is 0 Å². The van der Waals surface area contributed by atoms with Gasteiger partial charge in [-0.2, -0.15) is 0 Å². The van der Waals surface area contributed by atoms with E-state index in [4.69, 9.17) is 0 Å². The molecule has 1 nitrogen and oxygen atoms in total. The number of hydrogen-bond acceptors (Lipinski definition) is 1. The van der Waals surface area contributed by atoms with E-state index in [0.29, 0.717) is 17.5 Å². The van der Waals surface area contributed by atoms with Crippen LogP contribution in [-0.2, 0) is 0 Å². The molecule has 1 atom stereocenters. The van der Waals surface area contributed by atoms with Crippen LogP contribution in [0.1, 0.15) is 71.4 Å². The summed E-state index contributed by atoms with van der Waals surface area (Å²) in [5, 5.41) is 3.84. The highest BCUT2D eigenvalue weighted by atomic mass is 79.9. The zero-order valence-electron chi connectivity index (χ0n) is 14.0. The molecule has 0 spiro atoms. The third kappa shape index (κ3) is 4.32. The van der Waals surface area contributed by atoms with Crippen LogP contribution in [0.15, 0.2) is 28.7 Å². The van der Waals surface area contributed by atoms with Crippen molar-refractivity contribution in [2.24, 2.45) is 11.3 Å². The van der Waals surface area contributed by atoms with Crippen LogP contribution in [0.2, 0.25) is 0 Å². The van der Waals surface area contributed by atoms with Crippen LogP contribution in [-0.4, -0.2) is 6.04 Å². The summed E-state index contributed by atoms with van der Waals surface area (Å²) < 4.78 is 1.21. The topological polar surface area (TPSA) is 12.0 Å². The average Bonchev–Trinajstić information content (AvgIpc) is 2.48. The largest absolute Gasteiger partial charge is 0.307 e. The van der Waals surface area contributed by atoms with Crippen molar-refractivity contribution in [2.75, 3.05) is 0 Å². The smallest absolute Gasteiger partial charge is 0.0305 e. The maximum absolute atomic E-state index is 3.84. The van der Waals surface area contributed by atoms with Gasteiger partial charge in [-0.3, -0.25) is 0 Å². The number of rotatable bonds is 5. The molecule has 2 rings (SSSR count). The predicted molar refractivity (Wildman–Crippen MR) is 95.5 cm³/mol. The summed E-state index contributed by atoms with van der Waals surface area (Å²) in [6.45, 7) is 9.49. The Kier molecular flexibility index (Phi) is 5.90. The van der Waals surface area contributed by atoms with Gasteiger partial charge in [-0.15, -0.1) is 0 Å². The molecule has 1 aliphatic rings. The van der Waals surface area contributed by atoms with Crippen LogP contribution in [0, 0.1) is 11.3 Å². The number of nitrogens with one attached hydrogen (secondary N) is 1. The molecule has 0 unspecified atom stereocenters. The lowest BCUT2D eigenvalue weighted by atomic mass is 9.69. The molecular formula is C19H30BrN. The van der Waals surface area contributed by atoms with E-state index < -0.39 is 0 Å². The van der Waals surface area contributed by atoms with Crippen LogP contribution in [0.3, 0.4) is 0 Å². The fraction of sp³-hybridized carbons (Fsp3) is 0.684. The highest BCUT2D eigenvalue weighted by Gasteiger charge is 2.32. The van der Waals surface area contributed by atoms with Gasteiger partial charge in [0.25, 0.3) is 0 Å². The molecular weight excluding hydrogens is 322 g/mol. The van der Waals surface area contributed by atoms with Crippen LogP contribution in [0.25, 0.3) is 0 Å². The van der Waals surface area contributed by atoms with E-state index in [9.17, 15) is 0 Å². The van der Waals surface area contributed by atoms with E-state index in [0.717, 1.165) is 5.92 Å². The Bertz CT molecular complexity index is 447. The molecule has 118 valence electrons. The molecule has 2 heteroatoms. The van der Waals surface area contributed by atoms with Gasteiger partial charge >= 0.3 is 0 Å². The van der Waals surface area contributed by atoms with Crippen molar-refractivity contribution in [1.82, 2.24) is 5.32 Å². The quantitative estimate of drug-likeness (QED) is 0.676. The molecule has 1 aliphatic carbocycles. The maximum atomic E-state index is 3.84. The second-order valence-corrected chi connectivity index (χ2v) is 8.15. The summed E-state index contributed by atoms with van der Waals surface area (Å²) in [6.07, 6.45) is 6.69. The minimum absolute atomic E-state index is 0.418. The summed E-state index contributed by atoms with van der Waals surface area (Å²) in [5.74, 6) is 0.902. The van der Waals surface area contributed by atoms with Crippen molar-refractivity contribution in [2.45, 2.75) is 71.9 Å². The third-order valence-electron chi connectivity index (χ3n) is 5.60. The first-order valence-corrected chi connectivity index (χ1v) is 9.24. The van der Waals surface area contributed by atoms with Gasteiger partial charge in [-0.1, -0.05) is 61.3 Å². The third-order valence-corrected chi connectivity index (χ3v) is 6.32. The van der Waals surface area contributed by atoms with Crippen LogP contribution >= 0.6 is 15.9 Å². The van der Waals surface area contributed by atoms with Crippen molar-refractivity contribution in [3.8, 4) is 0 Å². The van der Waals surface area contributed by atoms with Gasteiger partial charge in [0.05, 0.1) is 0 Å². The Hall–Kier alpha value is -0.340. The summed E-state index contributed by atoms with van der Waals surface area (Å²) in [5.41, 5.74) is 1.88. The standard InChI is InChI=1S/C19H30BrN/c1-5-19(3,4)15-10-12-16(13-11-15)21-14(2)17-8-6-7-9-18(17)20/h6-9,14-16,21H,5,10-13H2,1-4H3/t14-,15?,16?/m1/s1. The number of halogens is 1. The molecule has 0 saturated heterocycles. The van der Waals surface area contributed by atoms with Crippen LogP contribution < -0.4 is 5.32 Å². The zero-order chi connectivity index (χ0) is 15.5. The molecule has 0 aromatic heterocycles. The summed E-state index contributed by atoms with van der Waals surface area (Å²) >= 11 is 3.67. The first-order chi connectivity index (χ1) is 9.94. The molecule has 21 heavy (non-hydrogen) atoms. The van der Waals surface area contributed by atoms with E-state index >= 15 is 0 Å². The Morgan fingerprint density at radius 3 is 2.38 bits per heavy atom. The second kappa shape index (κ2) is 7.28. The van der Waals surface area contributed by atoms with Gasteiger partial charge in [0.1, 0.15) is 0 Å². The molecule has 0 heterocycles. The maximum Gasteiger partial charge on any atom is 0.0305 e. The van der Waals surface area contributed by atoms with Gasteiger partial charge in [0, 0.05) is 16.6 Å². The van der Waals surface area contributed by atoms with E-state index in [2.05, 4.69) is 73.2 Å². The lowest BCUT2D eigenvalue weighted by Gasteiger charge is -2.39. The molecule has 1 fully saturated rings. The van der Waals surface area contributed by atoms with Crippen molar-refractivity contribution < 1.29 is 0 Å². The molecule has 1 saturated carbocycles. The normalized spacial score (nSPS) is 24.8. The summed E-state index contributed by atoms with van der Waals surface area (Å²) in [7, 11) is 0. The van der Waals surface area contributed by atoms with E-state index in [-0.39, 0.29) is 0 Å². The number of hydrogen-bond donors (Lipinski definition) is 1. The van der Waals surface area contributed by atoms with Gasteiger partial charge in [-0.25, -0.2) is 0 Å². The van der Waals surface area contributed by atoms with Crippen LogP contribution in [0.4, 0.5) is 0 Å². The van der Waals surface area contributed by atoms with Crippen molar-refractivity contribution in [3.05, 3.63) is 34.3 Å². The highest BCUT2D eigenvalue weighted by molar-refractivity contribution is 9.10. The monoisotopic (exact) mass is 351 g/mol. The van der Waals surface area contributed by atoms with Gasteiger partial charge in [0.2, 0.25) is 0 Å². The fourth-order valence-corrected chi connectivity index (χ4v) is 4.23. The molecule has 0 amide bonds. The number of benzene rings is 1. The Labute approximate surface area is 139 Å². The Morgan fingerprint density at radius 2 is 1.81 bits per heavy atom. The lowest BCUT2D eigenvalue weighted by Crippen LogP contribution is -2.38. The minimum Gasteiger partial charge on any atom is -0.307 e. The summed E-state index contributed by atoms with van der Waals surface area (Å²) in [4.78, 5) is 0.